The van der Waals surface area contributed by atoms with Gasteiger partial charge in [-0.2, -0.15) is 0 Å². The zero-order valence-corrected chi connectivity index (χ0v) is 15.0. The minimum atomic E-state index is -0.663. The molecule has 1 atom stereocenters. The molecule has 2 N–H and O–H groups in total. The van der Waals surface area contributed by atoms with Gasteiger partial charge in [-0.25, -0.2) is 0 Å². The van der Waals surface area contributed by atoms with Crippen molar-refractivity contribution in [3.05, 3.63) is 102 Å². The number of fused-ring (bicyclic) bond motifs is 1. The molecule has 0 aliphatic heterocycles. The summed E-state index contributed by atoms with van der Waals surface area (Å²) >= 11 is 0. The highest BCUT2D eigenvalue weighted by Crippen LogP contribution is 2.30. The van der Waals surface area contributed by atoms with Crippen molar-refractivity contribution in [2.24, 2.45) is 0 Å². The molecule has 0 heterocycles. The van der Waals surface area contributed by atoms with Crippen molar-refractivity contribution in [2.45, 2.75) is 6.10 Å². The Kier molecular flexibility index (Phi) is 5.85. The topological polar surface area (TPSA) is 49.7 Å². The van der Waals surface area contributed by atoms with Gasteiger partial charge in [0.25, 0.3) is 0 Å². The van der Waals surface area contributed by atoms with Crippen LogP contribution < -0.4 is 4.74 Å². The summed E-state index contributed by atoms with van der Waals surface area (Å²) in [6, 6.07) is 26.8. The lowest BCUT2D eigenvalue weighted by molar-refractivity contribution is 0.249. The number of para-hydroxylation sites is 2. The van der Waals surface area contributed by atoms with E-state index < -0.39 is 6.10 Å². The summed E-state index contributed by atoms with van der Waals surface area (Å²) in [5.74, 6) is 1.92. The molecule has 0 radical (unpaired) electrons. The van der Waals surface area contributed by atoms with Crippen molar-refractivity contribution in [1.82, 2.24) is 0 Å². The Labute approximate surface area is 155 Å². The van der Waals surface area contributed by atoms with Crippen LogP contribution in [0, 0.1) is 0 Å². The van der Waals surface area contributed by atoms with Crippen LogP contribution in [0.1, 0.15) is 17.2 Å². The highest BCUT2D eigenvalue weighted by atomic mass is 31.0. The number of hydrogen-bond donors (Lipinski definition) is 2. The summed E-state index contributed by atoms with van der Waals surface area (Å²) in [6.45, 7) is 0. The molecule has 0 bridgehead atoms. The fraction of sp³-hybridized carbons (Fsp3) is 0.0455. The second-order valence-corrected chi connectivity index (χ2v) is 6.28. The predicted octanol–water partition coefficient (Wildman–Crippen LogP) is 5.43. The molecule has 0 saturated heterocycles. The Balaban J connectivity index is 0.000000151. The quantitative estimate of drug-likeness (QED) is 0.598. The van der Waals surface area contributed by atoms with Crippen LogP contribution in [0.3, 0.4) is 0 Å². The molecule has 0 aromatic heterocycles. The first kappa shape index (κ1) is 17.9. The minimum absolute atomic E-state index is 0.186. The van der Waals surface area contributed by atoms with E-state index in [1.54, 1.807) is 12.1 Å². The van der Waals surface area contributed by atoms with Gasteiger partial charge in [0.05, 0.1) is 0 Å². The SMILES string of the molecule is OC1=CC(=P)C(O)c2ccccc21.c1ccc(Oc2ccccc2)cc1. The summed E-state index contributed by atoms with van der Waals surface area (Å²) in [5, 5.41) is 19.8. The number of ether oxygens (including phenoxy) is 1. The molecule has 3 aromatic rings. The molecular weight excluding hydrogens is 343 g/mol. The maximum Gasteiger partial charge on any atom is 0.127 e. The van der Waals surface area contributed by atoms with Gasteiger partial charge < -0.3 is 14.9 Å². The van der Waals surface area contributed by atoms with Crippen LogP contribution in [-0.2, 0) is 0 Å². The standard InChI is InChI=1S/C12H10O.C10H9O2P/c1-3-7-11(8-4-1)13-12-9-5-2-6-10-12;11-8-5-9(13)10(12)7-4-2-1-3-6(7)8/h1-10H;1-5,10-13H. The van der Waals surface area contributed by atoms with Crippen LogP contribution in [0.4, 0.5) is 0 Å². The van der Waals surface area contributed by atoms with Gasteiger partial charge in [-0.05, 0) is 35.9 Å². The van der Waals surface area contributed by atoms with E-state index in [4.69, 9.17) is 4.74 Å². The second kappa shape index (κ2) is 8.48. The summed E-state index contributed by atoms with van der Waals surface area (Å²) in [6.07, 6.45) is 0.855. The van der Waals surface area contributed by atoms with E-state index in [2.05, 4.69) is 8.86 Å². The molecule has 1 unspecified atom stereocenters. The first-order valence-electron chi connectivity index (χ1n) is 8.19. The molecular formula is C22H19O3P. The first-order chi connectivity index (χ1) is 12.6. The van der Waals surface area contributed by atoms with E-state index in [0.717, 1.165) is 17.1 Å². The van der Waals surface area contributed by atoms with Gasteiger partial charge in [-0.3, -0.25) is 0 Å². The molecule has 4 rings (SSSR count). The normalized spacial score (nSPS) is 15.2. The zero-order chi connectivity index (χ0) is 18.4. The largest absolute Gasteiger partial charge is 0.507 e. The van der Waals surface area contributed by atoms with Crippen LogP contribution >= 0.6 is 8.86 Å². The Bertz CT molecular complexity index is 867. The monoisotopic (exact) mass is 362 g/mol. The van der Waals surface area contributed by atoms with Crippen molar-refractivity contribution in [3.8, 4) is 11.5 Å². The van der Waals surface area contributed by atoms with Crippen molar-refractivity contribution >= 4 is 19.9 Å². The van der Waals surface area contributed by atoms with Gasteiger partial charge in [0.2, 0.25) is 0 Å². The zero-order valence-electron chi connectivity index (χ0n) is 14.0. The number of benzene rings is 3. The number of aliphatic hydroxyl groups is 2. The summed E-state index contributed by atoms with van der Waals surface area (Å²) in [5.41, 5.74) is 1.42. The van der Waals surface area contributed by atoms with Crippen molar-refractivity contribution in [3.63, 3.8) is 0 Å². The predicted molar refractivity (Wildman–Crippen MR) is 108 cm³/mol. The third-order valence-corrected chi connectivity index (χ3v) is 4.26. The summed E-state index contributed by atoms with van der Waals surface area (Å²) < 4.78 is 5.58. The number of aliphatic hydroxyl groups excluding tert-OH is 2. The number of rotatable bonds is 2. The Morgan fingerprint density at radius 2 is 1.23 bits per heavy atom. The maximum absolute atomic E-state index is 9.71. The first-order valence-corrected chi connectivity index (χ1v) is 8.69. The molecule has 1 aliphatic carbocycles. The Hall–Kier alpha value is -2.87. The van der Waals surface area contributed by atoms with E-state index in [1.165, 1.54) is 6.08 Å². The van der Waals surface area contributed by atoms with Gasteiger partial charge >= 0.3 is 0 Å². The minimum Gasteiger partial charge on any atom is -0.507 e. The van der Waals surface area contributed by atoms with Crippen LogP contribution in [0.15, 0.2) is 91.0 Å². The van der Waals surface area contributed by atoms with Crippen molar-refractivity contribution in [1.29, 1.82) is 0 Å². The molecule has 130 valence electrons. The van der Waals surface area contributed by atoms with Gasteiger partial charge in [-0.1, -0.05) is 60.7 Å². The highest BCUT2D eigenvalue weighted by Gasteiger charge is 2.21. The lowest BCUT2D eigenvalue weighted by Gasteiger charge is -2.20. The van der Waals surface area contributed by atoms with Crippen LogP contribution in [0.2, 0.25) is 0 Å². The lowest BCUT2D eigenvalue weighted by Crippen LogP contribution is -2.14. The van der Waals surface area contributed by atoms with Crippen LogP contribution in [0.25, 0.3) is 5.76 Å². The average Bonchev–Trinajstić information content (AvgIpc) is 2.68. The van der Waals surface area contributed by atoms with Crippen molar-refractivity contribution < 1.29 is 14.9 Å². The highest BCUT2D eigenvalue weighted by molar-refractivity contribution is 7.22. The van der Waals surface area contributed by atoms with Crippen LogP contribution in [-0.4, -0.2) is 15.5 Å². The van der Waals surface area contributed by atoms with E-state index in [-0.39, 0.29) is 5.76 Å². The fourth-order valence-electron chi connectivity index (χ4n) is 2.55. The van der Waals surface area contributed by atoms with Gasteiger partial charge in [0.15, 0.2) is 0 Å². The molecule has 3 aromatic carbocycles. The molecule has 26 heavy (non-hydrogen) atoms. The molecule has 0 saturated carbocycles. The molecule has 3 nitrogen and oxygen atoms in total. The smallest absolute Gasteiger partial charge is 0.127 e. The average molecular weight is 362 g/mol. The third kappa shape index (κ3) is 4.40. The molecule has 0 spiro atoms. The fourth-order valence-corrected chi connectivity index (χ4v) is 2.85. The third-order valence-electron chi connectivity index (χ3n) is 3.84. The van der Waals surface area contributed by atoms with E-state index in [1.807, 2.05) is 72.8 Å². The van der Waals surface area contributed by atoms with Crippen LogP contribution in [0.5, 0.6) is 11.5 Å². The maximum atomic E-state index is 9.71. The molecule has 0 amide bonds. The van der Waals surface area contributed by atoms with E-state index >= 15 is 0 Å². The van der Waals surface area contributed by atoms with Crippen molar-refractivity contribution in [2.75, 3.05) is 0 Å². The summed E-state index contributed by atoms with van der Waals surface area (Å²) in [7, 11) is 3.25. The second-order valence-electron chi connectivity index (χ2n) is 5.70. The van der Waals surface area contributed by atoms with Gasteiger partial charge in [0, 0.05) is 10.9 Å². The van der Waals surface area contributed by atoms with E-state index in [9.17, 15) is 10.2 Å². The Morgan fingerprint density at radius 1 is 0.731 bits per heavy atom. The lowest BCUT2D eigenvalue weighted by atomic mass is 9.93. The van der Waals surface area contributed by atoms with Gasteiger partial charge in [-0.15, -0.1) is 8.86 Å². The van der Waals surface area contributed by atoms with Gasteiger partial charge in [0.1, 0.15) is 23.4 Å². The molecule has 0 fully saturated rings. The Morgan fingerprint density at radius 3 is 1.81 bits per heavy atom. The van der Waals surface area contributed by atoms with E-state index in [0.29, 0.717) is 10.9 Å². The molecule has 1 aliphatic rings. The number of hydrogen-bond acceptors (Lipinski definition) is 3. The molecule has 4 heteroatoms. The summed E-state index contributed by atoms with van der Waals surface area (Å²) in [4.78, 5) is 0.